The number of carbonyl (C=O) groups is 1. The molecule has 0 saturated heterocycles. The SMILES string of the molecule is Cl.Cl.O.O=C1N(c2ccccc2)c2ncccc2C1(Cc1ccncc1)Cc1ccncc1. The Kier molecular flexibility index (Phi) is 8.65. The van der Waals surface area contributed by atoms with Crippen LogP contribution in [0.25, 0.3) is 0 Å². The molecule has 3 aromatic heterocycles. The molecule has 4 heterocycles. The highest BCUT2D eigenvalue weighted by Gasteiger charge is 2.52. The van der Waals surface area contributed by atoms with Gasteiger partial charge in [-0.3, -0.25) is 19.7 Å². The zero-order valence-corrected chi connectivity index (χ0v) is 19.3. The van der Waals surface area contributed by atoms with Crippen LogP contribution in [0.5, 0.6) is 0 Å². The van der Waals surface area contributed by atoms with Crippen molar-refractivity contribution in [2.24, 2.45) is 0 Å². The van der Waals surface area contributed by atoms with Gasteiger partial charge in [-0.2, -0.15) is 0 Å². The predicted octanol–water partition coefficient (Wildman–Crippen LogP) is 4.29. The molecule has 1 amide bonds. The Hall–Kier alpha value is -3.32. The minimum absolute atomic E-state index is 0. The smallest absolute Gasteiger partial charge is 0.244 e. The summed E-state index contributed by atoms with van der Waals surface area (Å²) in [6, 6.07) is 21.6. The first-order chi connectivity index (χ1) is 14.8. The van der Waals surface area contributed by atoms with Crippen molar-refractivity contribution in [2.75, 3.05) is 4.90 Å². The molecule has 6 nitrogen and oxygen atoms in total. The van der Waals surface area contributed by atoms with Crippen molar-refractivity contribution in [3.63, 3.8) is 0 Å². The summed E-state index contributed by atoms with van der Waals surface area (Å²) in [5, 5.41) is 0. The molecule has 1 aliphatic rings. The van der Waals surface area contributed by atoms with E-state index in [1.807, 2.05) is 66.7 Å². The maximum atomic E-state index is 14.1. The van der Waals surface area contributed by atoms with Gasteiger partial charge >= 0.3 is 0 Å². The third-order valence-corrected chi connectivity index (χ3v) is 5.65. The molecule has 170 valence electrons. The molecule has 0 saturated carbocycles. The lowest BCUT2D eigenvalue weighted by Crippen LogP contribution is -2.42. The Balaban J connectivity index is 0.00000128. The number of benzene rings is 1. The summed E-state index contributed by atoms with van der Waals surface area (Å²) in [4.78, 5) is 28.8. The molecule has 8 heteroatoms. The van der Waals surface area contributed by atoms with Crippen LogP contribution < -0.4 is 4.90 Å². The van der Waals surface area contributed by atoms with Crippen LogP contribution in [-0.2, 0) is 23.1 Å². The molecular formula is C25H24Cl2N4O2. The third-order valence-electron chi connectivity index (χ3n) is 5.65. The molecule has 0 fully saturated rings. The number of hydrogen-bond acceptors (Lipinski definition) is 4. The summed E-state index contributed by atoms with van der Waals surface area (Å²) in [5.41, 5.74) is 3.15. The highest BCUT2D eigenvalue weighted by atomic mass is 35.5. The third kappa shape index (κ3) is 4.73. The molecular weight excluding hydrogens is 459 g/mol. The van der Waals surface area contributed by atoms with E-state index in [1.165, 1.54) is 0 Å². The second-order valence-corrected chi connectivity index (χ2v) is 7.50. The van der Waals surface area contributed by atoms with Crippen molar-refractivity contribution >= 4 is 42.2 Å². The van der Waals surface area contributed by atoms with Crippen LogP contribution in [0.2, 0.25) is 0 Å². The summed E-state index contributed by atoms with van der Waals surface area (Å²) >= 11 is 0. The predicted molar refractivity (Wildman–Crippen MR) is 133 cm³/mol. The number of nitrogens with zero attached hydrogens (tertiary/aromatic N) is 4. The number of aromatic nitrogens is 3. The highest BCUT2D eigenvalue weighted by molar-refractivity contribution is 6.12. The van der Waals surface area contributed by atoms with Crippen molar-refractivity contribution in [1.82, 2.24) is 15.0 Å². The Morgan fingerprint density at radius 1 is 0.697 bits per heavy atom. The van der Waals surface area contributed by atoms with Gasteiger partial charge in [0.15, 0.2) is 0 Å². The maximum Gasteiger partial charge on any atom is 0.244 e. The van der Waals surface area contributed by atoms with E-state index in [1.54, 1.807) is 35.9 Å². The number of para-hydroxylation sites is 1. The molecule has 33 heavy (non-hydrogen) atoms. The summed E-state index contributed by atoms with van der Waals surface area (Å²) < 4.78 is 0. The molecule has 0 radical (unpaired) electrons. The van der Waals surface area contributed by atoms with Crippen LogP contribution in [0.3, 0.4) is 0 Å². The zero-order valence-electron chi connectivity index (χ0n) is 17.7. The normalized spacial score (nSPS) is 13.2. The maximum absolute atomic E-state index is 14.1. The average Bonchev–Trinajstić information content (AvgIpc) is 3.04. The Morgan fingerprint density at radius 2 is 1.24 bits per heavy atom. The molecule has 4 aromatic rings. The second kappa shape index (κ2) is 11.0. The van der Waals surface area contributed by atoms with E-state index in [4.69, 9.17) is 0 Å². The van der Waals surface area contributed by atoms with Crippen molar-refractivity contribution in [3.8, 4) is 0 Å². The van der Waals surface area contributed by atoms with Gasteiger partial charge in [-0.05, 0) is 66.4 Å². The number of anilines is 2. The van der Waals surface area contributed by atoms with E-state index in [0.29, 0.717) is 18.7 Å². The topological polar surface area (TPSA) is 90.5 Å². The first kappa shape index (κ1) is 25.9. The average molecular weight is 483 g/mol. The lowest BCUT2D eigenvalue weighted by atomic mass is 9.72. The van der Waals surface area contributed by atoms with Crippen LogP contribution in [-0.4, -0.2) is 26.3 Å². The van der Waals surface area contributed by atoms with Crippen molar-refractivity contribution in [3.05, 3.63) is 114 Å². The fourth-order valence-electron chi connectivity index (χ4n) is 4.29. The van der Waals surface area contributed by atoms with E-state index in [0.717, 1.165) is 22.4 Å². The Bertz CT molecular complexity index is 1140. The van der Waals surface area contributed by atoms with Gasteiger partial charge in [-0.25, -0.2) is 4.98 Å². The van der Waals surface area contributed by atoms with Crippen LogP contribution in [0.1, 0.15) is 16.7 Å². The lowest BCUT2D eigenvalue weighted by Gasteiger charge is -2.29. The van der Waals surface area contributed by atoms with Gasteiger partial charge in [0.2, 0.25) is 5.91 Å². The number of fused-ring (bicyclic) bond motifs is 1. The number of rotatable bonds is 5. The standard InChI is InChI=1S/C25H20N4O.2ClH.H2O/c30-24-25(17-19-8-13-26-14-9-19,18-20-10-15-27-16-11-20)22-7-4-12-28-23(22)29(24)21-5-2-1-3-6-21;;;/h1-16H,17-18H2;2*1H;1H2. The van der Waals surface area contributed by atoms with Crippen LogP contribution in [0, 0.1) is 0 Å². The summed E-state index contributed by atoms with van der Waals surface area (Å²) in [6.07, 6.45) is 9.97. The minimum atomic E-state index is -0.762. The Morgan fingerprint density at radius 3 is 1.79 bits per heavy atom. The van der Waals surface area contributed by atoms with E-state index in [9.17, 15) is 4.79 Å². The fourth-order valence-corrected chi connectivity index (χ4v) is 4.29. The first-order valence-electron chi connectivity index (χ1n) is 9.91. The van der Waals surface area contributed by atoms with E-state index in [2.05, 4.69) is 15.0 Å². The van der Waals surface area contributed by atoms with Crippen LogP contribution in [0.4, 0.5) is 11.5 Å². The van der Waals surface area contributed by atoms with Gasteiger partial charge in [0.25, 0.3) is 0 Å². The number of halogens is 2. The number of hydrogen-bond donors (Lipinski definition) is 0. The van der Waals surface area contributed by atoms with Gasteiger partial charge in [-0.1, -0.05) is 24.3 Å². The van der Waals surface area contributed by atoms with E-state index < -0.39 is 5.41 Å². The summed E-state index contributed by atoms with van der Waals surface area (Å²) in [5.74, 6) is 0.743. The monoisotopic (exact) mass is 482 g/mol. The van der Waals surface area contributed by atoms with Crippen LogP contribution in [0.15, 0.2) is 97.7 Å². The van der Waals surface area contributed by atoms with Crippen molar-refractivity contribution in [2.45, 2.75) is 18.3 Å². The van der Waals surface area contributed by atoms with E-state index >= 15 is 0 Å². The molecule has 1 aliphatic heterocycles. The van der Waals surface area contributed by atoms with Gasteiger partial charge < -0.3 is 5.48 Å². The molecule has 0 spiro atoms. The summed E-state index contributed by atoms with van der Waals surface area (Å²) in [6.45, 7) is 0. The van der Waals surface area contributed by atoms with Gasteiger partial charge in [0.05, 0.1) is 11.1 Å². The van der Waals surface area contributed by atoms with Crippen LogP contribution >= 0.6 is 24.8 Å². The van der Waals surface area contributed by atoms with E-state index in [-0.39, 0.29) is 36.2 Å². The Labute approximate surface area is 204 Å². The largest absolute Gasteiger partial charge is 0.412 e. The first-order valence-corrected chi connectivity index (χ1v) is 9.91. The number of amides is 1. The second-order valence-electron chi connectivity index (χ2n) is 7.50. The minimum Gasteiger partial charge on any atom is -0.412 e. The molecule has 0 bridgehead atoms. The molecule has 5 rings (SSSR count). The van der Waals surface area contributed by atoms with Gasteiger partial charge in [-0.15, -0.1) is 24.8 Å². The molecule has 0 atom stereocenters. The molecule has 1 aromatic carbocycles. The van der Waals surface area contributed by atoms with Gasteiger partial charge in [0.1, 0.15) is 5.82 Å². The number of pyridine rings is 3. The molecule has 0 unspecified atom stereocenters. The summed E-state index contributed by atoms with van der Waals surface area (Å²) in [7, 11) is 0. The number of carbonyl (C=O) groups excluding carboxylic acids is 1. The fraction of sp³-hybridized carbons (Fsp3) is 0.120. The molecule has 0 aliphatic carbocycles. The lowest BCUT2D eigenvalue weighted by molar-refractivity contribution is -0.122. The zero-order chi connectivity index (χ0) is 20.4. The quantitative estimate of drug-likeness (QED) is 0.424. The van der Waals surface area contributed by atoms with Crippen molar-refractivity contribution < 1.29 is 10.3 Å². The highest BCUT2D eigenvalue weighted by Crippen LogP contribution is 2.47. The van der Waals surface area contributed by atoms with Crippen molar-refractivity contribution in [1.29, 1.82) is 0 Å². The van der Waals surface area contributed by atoms with Gasteiger partial charge in [0, 0.05) is 36.5 Å². The molecule has 2 N–H and O–H groups in total.